The molecule has 0 aliphatic rings. The second-order valence-corrected chi connectivity index (χ2v) is 5.99. The van der Waals surface area contributed by atoms with E-state index in [4.69, 9.17) is 9.47 Å². The zero-order chi connectivity index (χ0) is 17.5. The summed E-state index contributed by atoms with van der Waals surface area (Å²) in [5.74, 6) is 0.183. The predicted molar refractivity (Wildman–Crippen MR) is 88.1 cm³/mol. The largest absolute Gasteiger partial charge is 0.467 e. The van der Waals surface area contributed by atoms with Crippen LogP contribution in [-0.4, -0.2) is 29.5 Å². The summed E-state index contributed by atoms with van der Waals surface area (Å²) in [6.07, 6.45) is -0.131. The van der Waals surface area contributed by atoms with Gasteiger partial charge in [0.15, 0.2) is 13.1 Å². The van der Waals surface area contributed by atoms with Crippen LogP contribution in [0.3, 0.4) is 0 Å². The maximum absolute atomic E-state index is 12.2. The number of ether oxygens (including phenoxy) is 2. The lowest BCUT2D eigenvalue weighted by atomic mass is 9.89. The Labute approximate surface area is 137 Å². The molecular weight excluding hydrogens is 298 g/mol. The fraction of sp³-hybridized carbons (Fsp3) is 0.588. The quantitative estimate of drug-likeness (QED) is 0.480. The van der Waals surface area contributed by atoms with Crippen LogP contribution in [-0.2, 0) is 9.53 Å². The number of amides is 1. The molecule has 0 aliphatic carbocycles. The van der Waals surface area contributed by atoms with E-state index in [2.05, 4.69) is 5.32 Å². The summed E-state index contributed by atoms with van der Waals surface area (Å²) in [7, 11) is 0. The molecule has 1 amide bonds. The highest BCUT2D eigenvalue weighted by Gasteiger charge is 2.25. The minimum atomic E-state index is -1.70. The molecule has 0 saturated carbocycles. The van der Waals surface area contributed by atoms with Crippen molar-refractivity contribution in [2.24, 2.45) is 5.41 Å². The Hall–Kier alpha value is -1.63. The van der Waals surface area contributed by atoms with Crippen molar-refractivity contribution < 1.29 is 24.5 Å². The summed E-state index contributed by atoms with van der Waals surface area (Å²) in [5, 5.41) is 21.8. The molecule has 0 unspecified atom stereocenters. The highest BCUT2D eigenvalue weighted by Crippen LogP contribution is 2.29. The van der Waals surface area contributed by atoms with E-state index >= 15 is 0 Å². The number of aliphatic hydroxyl groups excluding tert-OH is 1. The van der Waals surface area contributed by atoms with Gasteiger partial charge in [0.05, 0.1) is 12.2 Å². The summed E-state index contributed by atoms with van der Waals surface area (Å²) in [6, 6.07) is 4.73. The summed E-state index contributed by atoms with van der Waals surface area (Å²) in [5.41, 5.74) is 0.167. The topological polar surface area (TPSA) is 88.0 Å². The van der Waals surface area contributed by atoms with Crippen LogP contribution in [0.5, 0.6) is 5.75 Å². The molecule has 0 saturated heterocycles. The molecule has 1 rings (SSSR count). The Kier molecular flexibility index (Phi) is 7.48. The van der Waals surface area contributed by atoms with E-state index in [0.717, 1.165) is 6.42 Å². The monoisotopic (exact) mass is 325 g/mol. The van der Waals surface area contributed by atoms with Crippen molar-refractivity contribution in [2.45, 2.75) is 46.8 Å². The van der Waals surface area contributed by atoms with E-state index in [9.17, 15) is 15.0 Å². The molecule has 1 aromatic rings. The normalized spacial score (nSPS) is 11.6. The zero-order valence-corrected chi connectivity index (χ0v) is 14.3. The third-order valence-corrected chi connectivity index (χ3v) is 3.69. The molecule has 0 atom stereocenters. The molecule has 3 N–H and O–H groups in total. The van der Waals surface area contributed by atoms with E-state index in [1.807, 2.05) is 27.7 Å². The van der Waals surface area contributed by atoms with Gasteiger partial charge in [0.1, 0.15) is 5.75 Å². The van der Waals surface area contributed by atoms with Crippen LogP contribution in [0.15, 0.2) is 18.2 Å². The lowest BCUT2D eigenvalue weighted by Crippen LogP contribution is -2.30. The number of benzene rings is 1. The van der Waals surface area contributed by atoms with Crippen LogP contribution >= 0.6 is 0 Å². The number of rotatable bonds is 9. The van der Waals surface area contributed by atoms with Gasteiger partial charge in [0, 0.05) is 11.1 Å². The smallest absolute Gasteiger partial charge is 0.230 e. The molecule has 6 nitrogen and oxygen atoms in total. The van der Waals surface area contributed by atoms with Gasteiger partial charge in [0.25, 0.3) is 0 Å². The van der Waals surface area contributed by atoms with Crippen LogP contribution in [0.2, 0.25) is 0 Å². The molecule has 0 radical (unpaired) electrons. The first-order valence-electron chi connectivity index (χ1n) is 7.84. The third-order valence-electron chi connectivity index (χ3n) is 3.69. The van der Waals surface area contributed by atoms with Gasteiger partial charge in [-0.3, -0.25) is 4.79 Å². The second kappa shape index (κ2) is 8.86. The molecule has 0 aliphatic heterocycles. The molecule has 0 aromatic heterocycles. The lowest BCUT2D eigenvalue weighted by molar-refractivity contribution is -0.124. The van der Waals surface area contributed by atoms with E-state index in [-0.39, 0.29) is 18.3 Å². The first-order chi connectivity index (χ1) is 10.8. The molecule has 23 heavy (non-hydrogen) atoms. The summed E-state index contributed by atoms with van der Waals surface area (Å²) < 4.78 is 10.6. The van der Waals surface area contributed by atoms with Crippen molar-refractivity contribution in [2.75, 3.05) is 18.7 Å². The van der Waals surface area contributed by atoms with Crippen molar-refractivity contribution >= 4 is 11.6 Å². The molecule has 0 bridgehead atoms. The maximum Gasteiger partial charge on any atom is 0.230 e. The number of nitrogens with one attached hydrogen (secondary N) is 1. The average Bonchev–Trinajstić information content (AvgIpc) is 2.52. The lowest BCUT2D eigenvalue weighted by Gasteiger charge is -2.22. The summed E-state index contributed by atoms with van der Waals surface area (Å²) in [4.78, 5) is 12.2. The molecule has 0 fully saturated rings. The molecule has 1 aromatic carbocycles. The summed E-state index contributed by atoms with van der Waals surface area (Å²) in [6.45, 7) is 8.23. The van der Waals surface area contributed by atoms with Gasteiger partial charge in [0.2, 0.25) is 5.91 Å². The van der Waals surface area contributed by atoms with Gasteiger partial charge >= 0.3 is 0 Å². The first kappa shape index (κ1) is 19.4. The van der Waals surface area contributed by atoms with Crippen LogP contribution in [0, 0.1) is 5.41 Å². The Bertz CT molecular complexity index is 514. The van der Waals surface area contributed by atoms with Gasteiger partial charge < -0.3 is 25.0 Å². The van der Waals surface area contributed by atoms with Gasteiger partial charge in [-0.1, -0.05) is 27.7 Å². The van der Waals surface area contributed by atoms with E-state index in [1.165, 1.54) is 6.07 Å². The fourth-order valence-corrected chi connectivity index (χ4v) is 1.73. The highest BCUT2D eigenvalue weighted by atomic mass is 16.7. The zero-order valence-electron chi connectivity index (χ0n) is 14.3. The standard InChI is InChI=1S/C17H27NO5/c1-5-9-22-11-23-14-8-7-12(10-13(14)15(19)20)18-16(21)17(3,4)6-2/h7-8,10,15,19-20H,5-6,9,11H2,1-4H3,(H,18,21). The van der Waals surface area contributed by atoms with Crippen molar-refractivity contribution in [1.82, 2.24) is 0 Å². The van der Waals surface area contributed by atoms with Crippen molar-refractivity contribution in [3.8, 4) is 5.75 Å². The highest BCUT2D eigenvalue weighted by molar-refractivity contribution is 5.94. The first-order valence-corrected chi connectivity index (χ1v) is 7.84. The van der Waals surface area contributed by atoms with Gasteiger partial charge in [-0.05, 0) is 31.0 Å². The van der Waals surface area contributed by atoms with Crippen LogP contribution < -0.4 is 10.1 Å². The van der Waals surface area contributed by atoms with Gasteiger partial charge in [-0.25, -0.2) is 0 Å². The van der Waals surface area contributed by atoms with Gasteiger partial charge in [-0.15, -0.1) is 0 Å². The maximum atomic E-state index is 12.2. The third kappa shape index (κ3) is 5.82. The molecule has 6 heteroatoms. The minimum Gasteiger partial charge on any atom is -0.467 e. The predicted octanol–water partition coefficient (Wildman–Crippen LogP) is 2.81. The van der Waals surface area contributed by atoms with Crippen molar-refractivity contribution in [3.05, 3.63) is 23.8 Å². The minimum absolute atomic E-state index is 0.0299. The van der Waals surface area contributed by atoms with Crippen LogP contribution in [0.4, 0.5) is 5.69 Å². The van der Waals surface area contributed by atoms with E-state index < -0.39 is 11.7 Å². The Morgan fingerprint density at radius 3 is 2.57 bits per heavy atom. The Balaban J connectivity index is 2.84. The van der Waals surface area contributed by atoms with Crippen LogP contribution in [0.1, 0.15) is 52.4 Å². The number of hydrogen-bond donors (Lipinski definition) is 3. The number of hydrogen-bond acceptors (Lipinski definition) is 5. The Morgan fingerprint density at radius 2 is 2.00 bits per heavy atom. The fourth-order valence-electron chi connectivity index (χ4n) is 1.73. The van der Waals surface area contributed by atoms with Crippen LogP contribution in [0.25, 0.3) is 0 Å². The van der Waals surface area contributed by atoms with Gasteiger partial charge in [-0.2, -0.15) is 0 Å². The molecule has 130 valence electrons. The van der Waals surface area contributed by atoms with Crippen molar-refractivity contribution in [1.29, 1.82) is 0 Å². The van der Waals surface area contributed by atoms with E-state index in [0.29, 0.717) is 24.5 Å². The molecular formula is C17H27NO5. The molecule has 0 spiro atoms. The number of carbonyl (C=O) groups excluding carboxylic acids is 1. The number of anilines is 1. The van der Waals surface area contributed by atoms with E-state index in [1.54, 1.807) is 12.1 Å². The number of aliphatic hydroxyl groups is 2. The second-order valence-electron chi connectivity index (χ2n) is 5.99. The SMILES string of the molecule is CCCOCOc1ccc(NC(=O)C(C)(C)CC)cc1C(O)O. The number of carbonyl (C=O) groups is 1. The molecule has 0 heterocycles. The average molecular weight is 325 g/mol. The Morgan fingerprint density at radius 1 is 1.30 bits per heavy atom. The summed E-state index contributed by atoms with van der Waals surface area (Å²) >= 11 is 0. The van der Waals surface area contributed by atoms with Crippen molar-refractivity contribution in [3.63, 3.8) is 0 Å².